The predicted octanol–water partition coefficient (Wildman–Crippen LogP) is 1.87. The fourth-order valence-corrected chi connectivity index (χ4v) is 3.53. The molecule has 6 nitrogen and oxygen atoms in total. The molecule has 2 heterocycles. The summed E-state index contributed by atoms with van der Waals surface area (Å²) in [5.41, 5.74) is 0.600. The molecule has 0 unspecified atom stereocenters. The number of urea groups is 1. The van der Waals surface area contributed by atoms with Crippen LogP contribution in [0.2, 0.25) is 0 Å². The number of nitrogens with one attached hydrogen (secondary N) is 1. The van der Waals surface area contributed by atoms with E-state index < -0.39 is 0 Å². The molecule has 2 aliphatic rings. The van der Waals surface area contributed by atoms with Crippen molar-refractivity contribution in [2.24, 2.45) is 0 Å². The highest BCUT2D eigenvalue weighted by molar-refractivity contribution is 5.74. The Labute approximate surface area is 136 Å². The zero-order valence-corrected chi connectivity index (χ0v) is 13.4. The van der Waals surface area contributed by atoms with Crippen LogP contribution in [0, 0.1) is 0 Å². The second-order valence-electron chi connectivity index (χ2n) is 6.43. The quantitative estimate of drug-likeness (QED) is 0.795. The zero-order valence-electron chi connectivity index (χ0n) is 13.4. The fourth-order valence-electron chi connectivity index (χ4n) is 3.53. The first kappa shape index (κ1) is 15.9. The standard InChI is InChI=1S/C17H25N3O3/c21-15-4-3-13(16(22)11-15)12-18-17(23)20-9-5-14(6-10-20)19-7-1-2-8-19/h3-4,11,14,21-22H,1-2,5-10,12H2,(H,18,23). The lowest BCUT2D eigenvalue weighted by molar-refractivity contribution is 0.134. The number of phenols is 2. The average Bonchev–Trinajstić information content (AvgIpc) is 3.08. The Morgan fingerprint density at radius 3 is 2.48 bits per heavy atom. The number of carbonyl (C=O) groups excluding carboxylic acids is 1. The maximum absolute atomic E-state index is 12.2. The highest BCUT2D eigenvalue weighted by Crippen LogP contribution is 2.23. The van der Waals surface area contributed by atoms with Crippen LogP contribution >= 0.6 is 0 Å². The number of carbonyl (C=O) groups is 1. The number of hydrogen-bond acceptors (Lipinski definition) is 4. The highest BCUT2D eigenvalue weighted by atomic mass is 16.3. The van der Waals surface area contributed by atoms with Crippen molar-refractivity contribution in [3.8, 4) is 11.5 Å². The van der Waals surface area contributed by atoms with Crippen LogP contribution in [0.4, 0.5) is 4.79 Å². The molecule has 0 aliphatic carbocycles. The maximum atomic E-state index is 12.2. The first-order valence-electron chi connectivity index (χ1n) is 8.41. The molecule has 0 saturated carbocycles. The van der Waals surface area contributed by atoms with E-state index in [1.54, 1.807) is 6.07 Å². The maximum Gasteiger partial charge on any atom is 0.317 e. The van der Waals surface area contributed by atoms with Crippen LogP contribution in [0.3, 0.4) is 0 Å². The molecular formula is C17H25N3O3. The third kappa shape index (κ3) is 3.88. The van der Waals surface area contributed by atoms with Gasteiger partial charge in [-0.3, -0.25) is 0 Å². The van der Waals surface area contributed by atoms with E-state index >= 15 is 0 Å². The van der Waals surface area contributed by atoms with Gasteiger partial charge >= 0.3 is 6.03 Å². The third-order valence-corrected chi connectivity index (χ3v) is 4.91. The molecular weight excluding hydrogens is 294 g/mol. The Balaban J connectivity index is 1.46. The zero-order chi connectivity index (χ0) is 16.2. The topological polar surface area (TPSA) is 76.0 Å². The van der Waals surface area contributed by atoms with E-state index in [1.807, 2.05) is 4.90 Å². The summed E-state index contributed by atoms with van der Waals surface area (Å²) in [6.45, 7) is 4.24. The van der Waals surface area contributed by atoms with Crippen LogP contribution in [0.15, 0.2) is 18.2 Å². The smallest absolute Gasteiger partial charge is 0.317 e. The van der Waals surface area contributed by atoms with Crippen LogP contribution < -0.4 is 5.32 Å². The van der Waals surface area contributed by atoms with Crippen LogP contribution in [0.5, 0.6) is 11.5 Å². The van der Waals surface area contributed by atoms with Crippen molar-refractivity contribution in [2.45, 2.75) is 38.3 Å². The van der Waals surface area contributed by atoms with Gasteiger partial charge in [0.2, 0.25) is 0 Å². The minimum atomic E-state index is -0.0858. The number of aromatic hydroxyl groups is 2. The van der Waals surface area contributed by atoms with Gasteiger partial charge in [-0.25, -0.2) is 4.79 Å². The first-order chi connectivity index (χ1) is 11.1. The van der Waals surface area contributed by atoms with Crippen molar-refractivity contribution in [1.29, 1.82) is 0 Å². The average molecular weight is 319 g/mol. The Morgan fingerprint density at radius 1 is 1.13 bits per heavy atom. The van der Waals surface area contributed by atoms with Crippen LogP contribution in [-0.4, -0.2) is 58.3 Å². The summed E-state index contributed by atoms with van der Waals surface area (Å²) in [5.74, 6) is 0.0135. The fraction of sp³-hybridized carbons (Fsp3) is 0.588. The predicted molar refractivity (Wildman–Crippen MR) is 87.4 cm³/mol. The Hall–Kier alpha value is -1.95. The number of benzene rings is 1. The lowest BCUT2D eigenvalue weighted by atomic mass is 10.0. The van der Waals surface area contributed by atoms with Crippen molar-refractivity contribution in [3.63, 3.8) is 0 Å². The van der Waals surface area contributed by atoms with Crippen LogP contribution in [0.1, 0.15) is 31.2 Å². The molecule has 1 aromatic rings. The highest BCUT2D eigenvalue weighted by Gasteiger charge is 2.28. The number of hydrogen-bond donors (Lipinski definition) is 3. The Morgan fingerprint density at radius 2 is 1.83 bits per heavy atom. The van der Waals surface area contributed by atoms with Gasteiger partial charge in [-0.05, 0) is 50.9 Å². The van der Waals surface area contributed by atoms with Gasteiger partial charge in [-0.2, -0.15) is 0 Å². The van der Waals surface area contributed by atoms with Gasteiger partial charge < -0.3 is 25.3 Å². The number of piperidine rings is 1. The monoisotopic (exact) mass is 319 g/mol. The second-order valence-corrected chi connectivity index (χ2v) is 6.43. The summed E-state index contributed by atoms with van der Waals surface area (Å²) in [6.07, 6.45) is 4.68. The molecule has 23 heavy (non-hydrogen) atoms. The van der Waals surface area contributed by atoms with Crippen molar-refractivity contribution in [3.05, 3.63) is 23.8 Å². The van der Waals surface area contributed by atoms with E-state index in [2.05, 4.69) is 10.2 Å². The number of likely N-dealkylation sites (tertiary alicyclic amines) is 2. The molecule has 0 aromatic heterocycles. The largest absolute Gasteiger partial charge is 0.508 e. The summed E-state index contributed by atoms with van der Waals surface area (Å²) >= 11 is 0. The molecule has 3 rings (SSSR count). The minimum Gasteiger partial charge on any atom is -0.508 e. The molecule has 2 aliphatic heterocycles. The van der Waals surface area contributed by atoms with E-state index in [0.717, 1.165) is 25.9 Å². The minimum absolute atomic E-state index is 0.00181. The second kappa shape index (κ2) is 7.08. The van der Waals surface area contributed by atoms with Crippen LogP contribution in [0.25, 0.3) is 0 Å². The summed E-state index contributed by atoms with van der Waals surface area (Å²) in [5, 5.41) is 21.9. The van der Waals surface area contributed by atoms with Crippen LogP contribution in [-0.2, 0) is 6.54 Å². The molecule has 0 bridgehead atoms. The number of amides is 2. The van der Waals surface area contributed by atoms with Crippen molar-refractivity contribution < 1.29 is 15.0 Å². The van der Waals surface area contributed by atoms with Gasteiger partial charge in [-0.1, -0.05) is 0 Å². The van der Waals surface area contributed by atoms with E-state index in [4.69, 9.17) is 0 Å². The van der Waals surface area contributed by atoms with Crippen molar-refractivity contribution in [1.82, 2.24) is 15.1 Å². The van der Waals surface area contributed by atoms with Gasteiger partial charge in [0.1, 0.15) is 11.5 Å². The molecule has 126 valence electrons. The van der Waals surface area contributed by atoms with Gasteiger partial charge in [0.15, 0.2) is 0 Å². The normalized spacial score (nSPS) is 19.9. The first-order valence-corrected chi connectivity index (χ1v) is 8.41. The number of nitrogens with zero attached hydrogens (tertiary/aromatic N) is 2. The lowest BCUT2D eigenvalue weighted by Crippen LogP contribution is -2.48. The van der Waals surface area contributed by atoms with Gasteiger partial charge in [0.05, 0.1) is 0 Å². The molecule has 2 fully saturated rings. The molecule has 3 N–H and O–H groups in total. The summed E-state index contributed by atoms with van der Waals surface area (Å²) in [7, 11) is 0. The van der Waals surface area contributed by atoms with Gasteiger partial charge in [0.25, 0.3) is 0 Å². The van der Waals surface area contributed by atoms with E-state index in [1.165, 1.54) is 38.1 Å². The lowest BCUT2D eigenvalue weighted by Gasteiger charge is -2.36. The molecule has 2 saturated heterocycles. The third-order valence-electron chi connectivity index (χ3n) is 4.91. The van der Waals surface area contributed by atoms with E-state index in [0.29, 0.717) is 11.6 Å². The summed E-state index contributed by atoms with van der Waals surface area (Å²) in [4.78, 5) is 16.7. The van der Waals surface area contributed by atoms with E-state index in [9.17, 15) is 15.0 Å². The SMILES string of the molecule is O=C(NCc1ccc(O)cc1O)N1CCC(N2CCCC2)CC1. The molecule has 1 aromatic carbocycles. The van der Waals surface area contributed by atoms with Gasteiger partial charge in [-0.15, -0.1) is 0 Å². The Kier molecular flexibility index (Phi) is 4.91. The molecule has 0 radical (unpaired) electrons. The van der Waals surface area contributed by atoms with Crippen molar-refractivity contribution in [2.75, 3.05) is 26.2 Å². The molecule has 0 spiro atoms. The molecule has 0 atom stereocenters. The number of phenolic OH excluding ortho intramolecular Hbond substituents is 2. The molecule has 2 amide bonds. The number of rotatable bonds is 3. The van der Waals surface area contributed by atoms with E-state index in [-0.39, 0.29) is 24.1 Å². The van der Waals surface area contributed by atoms with Gasteiger partial charge in [0, 0.05) is 37.3 Å². The molecule has 6 heteroatoms. The van der Waals surface area contributed by atoms with Crippen molar-refractivity contribution >= 4 is 6.03 Å². The summed E-state index contributed by atoms with van der Waals surface area (Å²) < 4.78 is 0. The summed E-state index contributed by atoms with van der Waals surface area (Å²) in [6, 6.07) is 4.94. The Bertz CT molecular complexity index is 550.